The lowest BCUT2D eigenvalue weighted by atomic mass is 10.1. The van der Waals surface area contributed by atoms with Crippen LogP contribution in [0.1, 0.15) is 23.6 Å². The van der Waals surface area contributed by atoms with Gasteiger partial charge in [0.25, 0.3) is 5.91 Å². The third kappa shape index (κ3) is 4.79. The fourth-order valence-electron chi connectivity index (χ4n) is 3.37. The number of hydrogen-bond donors (Lipinski definition) is 0. The quantitative estimate of drug-likeness (QED) is 0.726. The average molecular weight is 417 g/mol. The summed E-state index contributed by atoms with van der Waals surface area (Å²) < 4.78 is 33.0. The van der Waals surface area contributed by atoms with E-state index in [1.807, 2.05) is 51.1 Å². The van der Waals surface area contributed by atoms with Crippen LogP contribution in [0.5, 0.6) is 5.75 Å². The van der Waals surface area contributed by atoms with Gasteiger partial charge in [0, 0.05) is 26.2 Å². The molecule has 0 spiro atoms. The molecule has 1 amide bonds. The second-order valence-electron chi connectivity index (χ2n) is 7.28. The predicted molar refractivity (Wildman–Crippen MR) is 113 cm³/mol. The van der Waals surface area contributed by atoms with Crippen LogP contribution in [-0.4, -0.2) is 56.3 Å². The number of amides is 1. The molecule has 1 saturated heterocycles. The van der Waals surface area contributed by atoms with Crippen LogP contribution in [0.3, 0.4) is 0 Å². The first-order chi connectivity index (χ1) is 13.8. The van der Waals surface area contributed by atoms with E-state index < -0.39 is 10.0 Å². The molecule has 2 aromatic rings. The lowest BCUT2D eigenvalue weighted by Gasteiger charge is -2.34. The molecule has 0 aromatic heterocycles. The Balaban J connectivity index is 1.58. The Kier molecular flexibility index (Phi) is 6.59. The Morgan fingerprint density at radius 3 is 2.34 bits per heavy atom. The van der Waals surface area contributed by atoms with Crippen molar-refractivity contribution in [1.29, 1.82) is 0 Å². The summed E-state index contributed by atoms with van der Waals surface area (Å²) >= 11 is 0. The molecule has 0 N–H and O–H groups in total. The van der Waals surface area contributed by atoms with Crippen molar-refractivity contribution in [2.45, 2.75) is 32.1 Å². The van der Waals surface area contributed by atoms with Crippen molar-refractivity contribution in [3.8, 4) is 5.75 Å². The Morgan fingerprint density at radius 2 is 1.69 bits per heavy atom. The number of ether oxygens (including phenoxy) is 1. The highest BCUT2D eigenvalue weighted by atomic mass is 32.2. The fourth-order valence-corrected chi connectivity index (χ4v) is 4.88. The molecule has 2 aromatic carbocycles. The zero-order valence-corrected chi connectivity index (χ0v) is 18.0. The monoisotopic (exact) mass is 416 g/mol. The summed E-state index contributed by atoms with van der Waals surface area (Å²) in [7, 11) is -3.55. The van der Waals surface area contributed by atoms with E-state index in [-0.39, 0.29) is 25.6 Å². The Bertz CT molecular complexity index is 980. The van der Waals surface area contributed by atoms with Crippen LogP contribution < -0.4 is 4.74 Å². The van der Waals surface area contributed by atoms with E-state index in [2.05, 4.69) is 0 Å². The summed E-state index contributed by atoms with van der Waals surface area (Å²) in [6.07, 6.45) is 0.833. The van der Waals surface area contributed by atoms with Crippen molar-refractivity contribution in [2.24, 2.45) is 0 Å². The topological polar surface area (TPSA) is 66.9 Å². The molecule has 0 bridgehead atoms. The Morgan fingerprint density at radius 1 is 1.00 bits per heavy atom. The maximum Gasteiger partial charge on any atom is 0.260 e. The van der Waals surface area contributed by atoms with E-state index in [4.69, 9.17) is 4.74 Å². The van der Waals surface area contributed by atoms with Crippen LogP contribution in [-0.2, 0) is 21.2 Å². The van der Waals surface area contributed by atoms with Gasteiger partial charge in [-0.25, -0.2) is 8.42 Å². The van der Waals surface area contributed by atoms with Crippen LogP contribution in [0, 0.1) is 13.8 Å². The predicted octanol–water partition coefficient (Wildman–Crippen LogP) is 2.78. The van der Waals surface area contributed by atoms with Crippen molar-refractivity contribution in [3.63, 3.8) is 0 Å². The highest BCUT2D eigenvalue weighted by Crippen LogP contribution is 2.21. The highest BCUT2D eigenvalue weighted by molar-refractivity contribution is 7.89. The van der Waals surface area contributed by atoms with Gasteiger partial charge in [-0.1, -0.05) is 31.2 Å². The molecule has 0 unspecified atom stereocenters. The number of rotatable bonds is 6. The molecular formula is C22H28N2O4S. The lowest BCUT2D eigenvalue weighted by molar-refractivity contribution is -0.134. The molecule has 29 heavy (non-hydrogen) atoms. The second-order valence-corrected chi connectivity index (χ2v) is 9.22. The van der Waals surface area contributed by atoms with Gasteiger partial charge < -0.3 is 9.64 Å². The van der Waals surface area contributed by atoms with Crippen LogP contribution in [0.15, 0.2) is 47.4 Å². The minimum absolute atomic E-state index is 0.0408. The van der Waals surface area contributed by atoms with Crippen LogP contribution >= 0.6 is 0 Å². The SMILES string of the molecule is CCc1ccccc1OCC(=O)N1CCN(S(=O)(=O)c2ccc(C)c(C)c2)CC1. The van der Waals surface area contributed by atoms with E-state index in [0.717, 1.165) is 28.9 Å². The molecule has 0 saturated carbocycles. The number of carbonyl (C=O) groups excluding carboxylic acids is 1. The van der Waals surface area contributed by atoms with Crippen molar-refractivity contribution < 1.29 is 17.9 Å². The summed E-state index contributed by atoms with van der Waals surface area (Å²) in [5.41, 5.74) is 3.07. The third-order valence-electron chi connectivity index (χ3n) is 5.41. The van der Waals surface area contributed by atoms with Gasteiger partial charge >= 0.3 is 0 Å². The minimum atomic E-state index is -3.55. The lowest BCUT2D eigenvalue weighted by Crippen LogP contribution is -2.51. The first kappa shape index (κ1) is 21.3. The van der Waals surface area contributed by atoms with Gasteiger partial charge in [-0.15, -0.1) is 0 Å². The van der Waals surface area contributed by atoms with E-state index in [0.29, 0.717) is 18.0 Å². The summed E-state index contributed by atoms with van der Waals surface area (Å²) in [4.78, 5) is 14.5. The molecule has 0 atom stereocenters. The second kappa shape index (κ2) is 8.97. The van der Waals surface area contributed by atoms with Gasteiger partial charge in [0.15, 0.2) is 6.61 Å². The van der Waals surface area contributed by atoms with Crippen molar-refractivity contribution in [2.75, 3.05) is 32.8 Å². The van der Waals surface area contributed by atoms with E-state index in [1.54, 1.807) is 17.0 Å². The van der Waals surface area contributed by atoms with E-state index >= 15 is 0 Å². The number of hydrogen-bond acceptors (Lipinski definition) is 4. The van der Waals surface area contributed by atoms with Crippen LogP contribution in [0.2, 0.25) is 0 Å². The van der Waals surface area contributed by atoms with Crippen molar-refractivity contribution >= 4 is 15.9 Å². The largest absolute Gasteiger partial charge is 0.483 e. The molecule has 3 rings (SSSR count). The maximum absolute atomic E-state index is 12.9. The van der Waals surface area contributed by atoms with Crippen LogP contribution in [0.25, 0.3) is 0 Å². The number of benzene rings is 2. The normalized spacial score (nSPS) is 15.3. The molecule has 0 aliphatic carbocycles. The maximum atomic E-state index is 12.9. The zero-order valence-electron chi connectivity index (χ0n) is 17.2. The standard InChI is InChI=1S/C22H28N2O4S/c1-4-19-7-5-6-8-21(19)28-16-22(25)23-11-13-24(14-12-23)29(26,27)20-10-9-17(2)18(3)15-20/h5-10,15H,4,11-14,16H2,1-3H3. The molecule has 1 fully saturated rings. The van der Waals surface area contributed by atoms with E-state index in [9.17, 15) is 13.2 Å². The first-order valence-electron chi connectivity index (χ1n) is 9.89. The molecule has 156 valence electrons. The molecule has 1 aliphatic heterocycles. The molecule has 1 aliphatic rings. The molecule has 0 radical (unpaired) electrons. The van der Waals surface area contributed by atoms with Gasteiger partial charge in [-0.05, 0) is 55.2 Å². The van der Waals surface area contributed by atoms with Crippen LogP contribution in [0.4, 0.5) is 0 Å². The van der Waals surface area contributed by atoms with Gasteiger partial charge in [-0.2, -0.15) is 4.31 Å². The van der Waals surface area contributed by atoms with Crippen molar-refractivity contribution in [3.05, 3.63) is 59.2 Å². The molecule has 7 heteroatoms. The van der Waals surface area contributed by atoms with Gasteiger partial charge in [0.05, 0.1) is 4.90 Å². The van der Waals surface area contributed by atoms with Gasteiger partial charge in [0.2, 0.25) is 10.0 Å². The summed E-state index contributed by atoms with van der Waals surface area (Å²) in [6.45, 7) is 7.15. The summed E-state index contributed by atoms with van der Waals surface area (Å²) in [6, 6.07) is 12.9. The Labute approximate surface area is 173 Å². The average Bonchev–Trinajstić information content (AvgIpc) is 2.74. The number of nitrogens with zero attached hydrogens (tertiary/aromatic N) is 2. The number of para-hydroxylation sites is 1. The number of aryl methyl sites for hydroxylation is 3. The summed E-state index contributed by atoms with van der Waals surface area (Å²) in [5, 5.41) is 0. The highest BCUT2D eigenvalue weighted by Gasteiger charge is 2.30. The first-order valence-corrected chi connectivity index (χ1v) is 11.3. The summed E-state index contributed by atoms with van der Waals surface area (Å²) in [5.74, 6) is 0.596. The molecule has 1 heterocycles. The minimum Gasteiger partial charge on any atom is -0.483 e. The zero-order chi connectivity index (χ0) is 21.0. The third-order valence-corrected chi connectivity index (χ3v) is 7.31. The van der Waals surface area contributed by atoms with E-state index in [1.165, 1.54) is 4.31 Å². The van der Waals surface area contributed by atoms with Gasteiger partial charge in [0.1, 0.15) is 5.75 Å². The molecule has 6 nitrogen and oxygen atoms in total. The van der Waals surface area contributed by atoms with Gasteiger partial charge in [-0.3, -0.25) is 4.79 Å². The Hall–Kier alpha value is -2.38. The van der Waals surface area contributed by atoms with Crippen molar-refractivity contribution in [1.82, 2.24) is 9.21 Å². The molecular weight excluding hydrogens is 388 g/mol. The number of piperazine rings is 1. The number of carbonyl (C=O) groups is 1. The fraction of sp³-hybridized carbons (Fsp3) is 0.409. The number of sulfonamides is 1. The smallest absolute Gasteiger partial charge is 0.260 e.